The number of aromatic amines is 1. The van der Waals surface area contributed by atoms with E-state index in [9.17, 15) is 19.5 Å². The van der Waals surface area contributed by atoms with E-state index >= 15 is 0 Å². The lowest BCUT2D eigenvalue weighted by Gasteiger charge is -2.36. The van der Waals surface area contributed by atoms with Crippen molar-refractivity contribution in [3.8, 4) is 0 Å². The normalized spacial score (nSPS) is 21.6. The van der Waals surface area contributed by atoms with Crippen molar-refractivity contribution in [3.05, 3.63) is 107 Å². The molecule has 4 aromatic rings. The molecule has 3 heterocycles. The van der Waals surface area contributed by atoms with Crippen LogP contribution < -0.4 is 10.2 Å². The second kappa shape index (κ2) is 14.0. The van der Waals surface area contributed by atoms with Crippen molar-refractivity contribution in [1.82, 2.24) is 20.5 Å². The molecule has 1 aromatic heterocycles. The van der Waals surface area contributed by atoms with Gasteiger partial charge in [-0.25, -0.2) is 14.7 Å². The Bertz CT molecular complexity index is 1600. The maximum atomic E-state index is 13.1. The number of carbonyl (C=O) groups excluding carboxylic acids is 3. The minimum absolute atomic E-state index is 0.0441. The summed E-state index contributed by atoms with van der Waals surface area (Å²) >= 11 is 1.50. The molecule has 4 atom stereocenters. The largest absolute Gasteiger partial charge is 0.445 e. The van der Waals surface area contributed by atoms with Crippen molar-refractivity contribution in [2.45, 2.75) is 55.8 Å². The molecule has 6 rings (SSSR count). The number of hydrogen-bond acceptors (Lipinski definition) is 10. The molecule has 13 heteroatoms. The van der Waals surface area contributed by atoms with E-state index in [1.807, 2.05) is 54.6 Å². The van der Waals surface area contributed by atoms with Gasteiger partial charge < -0.3 is 24.6 Å². The molecule has 2 aliphatic heterocycles. The van der Waals surface area contributed by atoms with Crippen LogP contribution in [0.1, 0.15) is 47.5 Å². The zero-order valence-corrected chi connectivity index (χ0v) is 24.9. The Labute approximate surface area is 263 Å². The number of imide groups is 1. The molecule has 232 valence electrons. The standard InChI is InChI=1S/C32H31N5O7S/c38-16-20-6-8-22(9-7-20)27-14-25(18-45-31-33-19-34-36-31)43-30(44-27)23-10-12-24(13-11-23)37-28(39)15-26(29(37)40)35-32(41)42-17-21-4-2-1-3-5-21/h1-13,19,25-27,30,38H,14-18H2,(H,35,41)(H,33,34,36)/t25-,26?,27+,30+/m1/s1. The minimum Gasteiger partial charge on any atom is -0.445 e. The Morgan fingerprint density at radius 3 is 2.47 bits per heavy atom. The lowest BCUT2D eigenvalue weighted by Crippen LogP contribution is -2.42. The third kappa shape index (κ3) is 7.40. The number of H-pyrrole nitrogens is 1. The average molecular weight is 630 g/mol. The Hall–Kier alpha value is -4.56. The van der Waals surface area contributed by atoms with E-state index in [0.29, 0.717) is 28.6 Å². The van der Waals surface area contributed by atoms with Gasteiger partial charge in [0.15, 0.2) is 11.4 Å². The number of aromatic nitrogens is 3. The van der Waals surface area contributed by atoms with E-state index in [2.05, 4.69) is 20.5 Å². The summed E-state index contributed by atoms with van der Waals surface area (Å²) in [5.74, 6) is -0.357. The first-order valence-corrected chi connectivity index (χ1v) is 15.4. The summed E-state index contributed by atoms with van der Waals surface area (Å²) in [6.45, 7) is 0.00392. The molecule has 3 N–H and O–H groups in total. The zero-order valence-electron chi connectivity index (χ0n) is 24.1. The number of aliphatic hydroxyl groups is 1. The van der Waals surface area contributed by atoms with Gasteiger partial charge in [-0.1, -0.05) is 78.5 Å². The summed E-state index contributed by atoms with van der Waals surface area (Å²) in [5.41, 5.74) is 3.66. The van der Waals surface area contributed by atoms with Gasteiger partial charge in [-0.15, -0.1) is 0 Å². The van der Waals surface area contributed by atoms with E-state index in [4.69, 9.17) is 14.2 Å². The molecule has 0 radical (unpaired) electrons. The van der Waals surface area contributed by atoms with Gasteiger partial charge in [0, 0.05) is 17.7 Å². The SMILES string of the molecule is O=C(NC1CC(=O)N(c2ccc([C@H]3O[C@@H](CSc4ncn[nH]4)C[C@@H](c4ccc(CO)cc4)O3)cc2)C1=O)OCc1ccccc1. The van der Waals surface area contributed by atoms with Crippen LogP contribution >= 0.6 is 11.8 Å². The number of amides is 3. The fourth-order valence-corrected chi connectivity index (χ4v) is 5.96. The van der Waals surface area contributed by atoms with Crippen LogP contribution in [0.5, 0.6) is 0 Å². The zero-order chi connectivity index (χ0) is 31.2. The summed E-state index contributed by atoms with van der Waals surface area (Å²) in [6.07, 6.45) is -0.0538. The number of ether oxygens (including phenoxy) is 3. The van der Waals surface area contributed by atoms with Gasteiger partial charge >= 0.3 is 6.09 Å². The van der Waals surface area contributed by atoms with Crippen LogP contribution in [0.3, 0.4) is 0 Å². The molecule has 3 amide bonds. The number of rotatable bonds is 10. The summed E-state index contributed by atoms with van der Waals surface area (Å²) in [6, 6.07) is 22.6. The van der Waals surface area contributed by atoms with Crippen molar-refractivity contribution < 1.29 is 33.7 Å². The average Bonchev–Trinajstić information content (AvgIpc) is 3.70. The Balaban J connectivity index is 1.12. The van der Waals surface area contributed by atoms with E-state index in [1.165, 1.54) is 18.1 Å². The Morgan fingerprint density at radius 1 is 1.00 bits per heavy atom. The number of alkyl carbamates (subject to hydrolysis) is 1. The van der Waals surface area contributed by atoms with Crippen LogP contribution in [-0.2, 0) is 37.0 Å². The van der Waals surface area contributed by atoms with Crippen LogP contribution in [0, 0.1) is 0 Å². The fourth-order valence-electron chi connectivity index (χ4n) is 5.16. The van der Waals surface area contributed by atoms with Gasteiger partial charge in [-0.3, -0.25) is 14.7 Å². The molecular weight excluding hydrogens is 598 g/mol. The van der Waals surface area contributed by atoms with Crippen LogP contribution in [0.2, 0.25) is 0 Å². The predicted octanol–water partition coefficient (Wildman–Crippen LogP) is 4.19. The highest BCUT2D eigenvalue weighted by molar-refractivity contribution is 7.99. The van der Waals surface area contributed by atoms with Gasteiger partial charge in [0.05, 0.1) is 30.9 Å². The molecule has 0 aliphatic carbocycles. The van der Waals surface area contributed by atoms with Crippen LogP contribution in [0.25, 0.3) is 0 Å². The summed E-state index contributed by atoms with van der Waals surface area (Å²) < 4.78 is 17.9. The molecule has 45 heavy (non-hydrogen) atoms. The third-order valence-electron chi connectivity index (χ3n) is 7.49. The fraction of sp³-hybridized carbons (Fsp3) is 0.281. The topological polar surface area (TPSA) is 156 Å². The number of nitrogens with one attached hydrogen (secondary N) is 2. The molecular formula is C32H31N5O7S. The second-order valence-corrected chi connectivity index (χ2v) is 11.6. The smallest absolute Gasteiger partial charge is 0.408 e. The minimum atomic E-state index is -1.02. The first-order chi connectivity index (χ1) is 22.0. The lowest BCUT2D eigenvalue weighted by atomic mass is 10.0. The van der Waals surface area contributed by atoms with Gasteiger partial charge in [-0.2, -0.15) is 5.10 Å². The van der Waals surface area contributed by atoms with Gasteiger partial charge in [-0.05, 0) is 28.8 Å². The van der Waals surface area contributed by atoms with Crippen molar-refractivity contribution in [2.75, 3.05) is 10.7 Å². The first-order valence-electron chi connectivity index (χ1n) is 14.4. The molecule has 2 aliphatic rings. The van der Waals surface area contributed by atoms with Crippen LogP contribution in [0.4, 0.5) is 10.5 Å². The highest BCUT2D eigenvalue weighted by Crippen LogP contribution is 2.39. The Kier molecular flexibility index (Phi) is 9.50. The number of hydrogen-bond donors (Lipinski definition) is 3. The van der Waals surface area contributed by atoms with Crippen molar-refractivity contribution in [2.24, 2.45) is 0 Å². The van der Waals surface area contributed by atoms with E-state index < -0.39 is 30.2 Å². The number of carbonyl (C=O) groups is 3. The van der Waals surface area contributed by atoms with E-state index in [-0.39, 0.29) is 31.8 Å². The van der Waals surface area contributed by atoms with Gasteiger partial charge in [0.1, 0.15) is 19.0 Å². The number of anilines is 1. The second-order valence-electron chi connectivity index (χ2n) is 10.6. The molecule has 3 aromatic carbocycles. The molecule has 0 bridgehead atoms. The number of thioether (sulfide) groups is 1. The highest BCUT2D eigenvalue weighted by Gasteiger charge is 2.41. The maximum Gasteiger partial charge on any atom is 0.408 e. The maximum absolute atomic E-state index is 13.1. The Morgan fingerprint density at radius 2 is 1.76 bits per heavy atom. The molecule has 0 spiro atoms. The molecule has 0 saturated carbocycles. The summed E-state index contributed by atoms with van der Waals surface area (Å²) in [7, 11) is 0. The van der Waals surface area contributed by atoms with Crippen LogP contribution in [-0.4, -0.2) is 56.1 Å². The van der Waals surface area contributed by atoms with Crippen molar-refractivity contribution >= 4 is 35.4 Å². The monoisotopic (exact) mass is 629 g/mol. The number of aliphatic hydroxyl groups excluding tert-OH is 1. The third-order valence-corrected chi connectivity index (χ3v) is 8.50. The lowest BCUT2D eigenvalue weighted by molar-refractivity contribution is -0.245. The van der Waals surface area contributed by atoms with Gasteiger partial charge in [0.25, 0.3) is 5.91 Å². The van der Waals surface area contributed by atoms with Crippen molar-refractivity contribution in [1.29, 1.82) is 0 Å². The van der Waals surface area contributed by atoms with Gasteiger partial charge in [0.2, 0.25) is 5.91 Å². The summed E-state index contributed by atoms with van der Waals surface area (Å²) in [4.78, 5) is 43.5. The molecule has 12 nitrogen and oxygen atoms in total. The quantitative estimate of drug-likeness (QED) is 0.172. The van der Waals surface area contributed by atoms with E-state index in [1.54, 1.807) is 24.3 Å². The number of nitrogens with zero attached hydrogens (tertiary/aromatic N) is 3. The predicted molar refractivity (Wildman–Crippen MR) is 163 cm³/mol. The van der Waals surface area contributed by atoms with Crippen LogP contribution in [0.15, 0.2) is 90.3 Å². The summed E-state index contributed by atoms with van der Waals surface area (Å²) in [5, 5.41) is 19.4. The van der Waals surface area contributed by atoms with Crippen molar-refractivity contribution in [3.63, 3.8) is 0 Å². The first kappa shape index (κ1) is 30.5. The highest BCUT2D eigenvalue weighted by atomic mass is 32.2. The molecule has 2 fully saturated rings. The number of benzene rings is 3. The molecule has 1 unspecified atom stereocenters. The van der Waals surface area contributed by atoms with E-state index in [0.717, 1.165) is 21.6 Å². The molecule has 2 saturated heterocycles.